The average molecular weight is 487 g/mol. The highest BCUT2D eigenvalue weighted by atomic mass is 35.5. The lowest BCUT2D eigenvalue weighted by Crippen LogP contribution is -2.46. The Labute approximate surface area is 208 Å². The molecular formula is C27H23ClN4O3. The van der Waals surface area contributed by atoms with Crippen molar-refractivity contribution >= 4 is 28.9 Å². The summed E-state index contributed by atoms with van der Waals surface area (Å²) in [7, 11) is 0. The molecule has 1 N–H and O–H groups in total. The van der Waals surface area contributed by atoms with Crippen molar-refractivity contribution in [1.29, 1.82) is 0 Å². The number of urea groups is 1. The van der Waals surface area contributed by atoms with Gasteiger partial charge in [-0.05, 0) is 67.9 Å². The van der Waals surface area contributed by atoms with Crippen LogP contribution in [0, 0.1) is 0 Å². The van der Waals surface area contributed by atoms with E-state index in [1.807, 2.05) is 86.6 Å². The van der Waals surface area contributed by atoms with Crippen LogP contribution in [0.5, 0.6) is 5.75 Å². The number of nitrogens with zero attached hydrogens (tertiary/aromatic N) is 3. The number of ether oxygens (including phenoxy) is 1. The van der Waals surface area contributed by atoms with Gasteiger partial charge in [-0.3, -0.25) is 4.90 Å². The van der Waals surface area contributed by atoms with E-state index in [2.05, 4.69) is 10.5 Å². The number of nitrogens with one attached hydrogen (secondary N) is 1. The van der Waals surface area contributed by atoms with E-state index < -0.39 is 6.04 Å². The molecule has 0 fully saturated rings. The lowest BCUT2D eigenvalue weighted by molar-refractivity contribution is 0.244. The van der Waals surface area contributed by atoms with E-state index in [0.29, 0.717) is 34.6 Å². The highest BCUT2D eigenvalue weighted by molar-refractivity contribution is 6.30. The molecule has 7 nitrogen and oxygen atoms in total. The Morgan fingerprint density at radius 3 is 2.54 bits per heavy atom. The van der Waals surface area contributed by atoms with Crippen LogP contribution in [0.1, 0.15) is 31.3 Å². The standard InChI is InChI=1S/C27H23ClN4O3/c1-3-34-22-14-12-18(13-15-22)25-30-26(35-31-25)23-17(2)32(21-10-5-4-6-11-21)27(33)29-24(23)19-8-7-9-20(28)16-19/h4-16,24H,3H2,1-2H3,(H,29,33). The van der Waals surface area contributed by atoms with Crippen LogP contribution in [0.25, 0.3) is 17.0 Å². The molecule has 35 heavy (non-hydrogen) atoms. The fraction of sp³-hybridized carbons (Fsp3) is 0.148. The number of hydrogen-bond donors (Lipinski definition) is 1. The predicted octanol–water partition coefficient (Wildman–Crippen LogP) is 6.49. The zero-order valence-electron chi connectivity index (χ0n) is 19.2. The molecule has 0 saturated carbocycles. The molecule has 0 saturated heterocycles. The SMILES string of the molecule is CCOc1ccc(-c2noc(C3=C(C)N(c4ccccc4)C(=O)NC3c3cccc(Cl)c3)n2)cc1. The second-order valence-electron chi connectivity index (χ2n) is 7.99. The van der Waals surface area contributed by atoms with Gasteiger partial charge in [0.2, 0.25) is 5.82 Å². The van der Waals surface area contributed by atoms with E-state index in [1.54, 1.807) is 11.0 Å². The largest absolute Gasteiger partial charge is 0.494 e. The number of benzene rings is 3. The van der Waals surface area contributed by atoms with Gasteiger partial charge >= 0.3 is 6.03 Å². The van der Waals surface area contributed by atoms with Gasteiger partial charge in [0.1, 0.15) is 5.75 Å². The first-order chi connectivity index (χ1) is 17.0. The van der Waals surface area contributed by atoms with Crippen molar-refractivity contribution in [2.75, 3.05) is 11.5 Å². The van der Waals surface area contributed by atoms with Crippen LogP contribution in [0.3, 0.4) is 0 Å². The van der Waals surface area contributed by atoms with E-state index in [1.165, 1.54) is 0 Å². The van der Waals surface area contributed by atoms with Crippen molar-refractivity contribution in [3.05, 3.63) is 101 Å². The Kier molecular flexibility index (Phi) is 6.25. The molecule has 2 heterocycles. The number of halogens is 1. The van der Waals surface area contributed by atoms with Crippen LogP contribution in [-0.2, 0) is 0 Å². The quantitative estimate of drug-likeness (QED) is 0.337. The first-order valence-corrected chi connectivity index (χ1v) is 11.6. The number of hydrogen-bond acceptors (Lipinski definition) is 5. The van der Waals surface area contributed by atoms with E-state index in [0.717, 1.165) is 22.6 Å². The van der Waals surface area contributed by atoms with Gasteiger partial charge in [-0.25, -0.2) is 4.79 Å². The van der Waals surface area contributed by atoms with Gasteiger partial charge in [-0.1, -0.05) is 47.1 Å². The van der Waals surface area contributed by atoms with Gasteiger partial charge in [0, 0.05) is 16.3 Å². The molecular weight excluding hydrogens is 464 g/mol. The monoisotopic (exact) mass is 486 g/mol. The second-order valence-corrected chi connectivity index (χ2v) is 8.42. The van der Waals surface area contributed by atoms with Gasteiger partial charge in [0.25, 0.3) is 5.89 Å². The Balaban J connectivity index is 1.60. The molecule has 0 bridgehead atoms. The van der Waals surface area contributed by atoms with Gasteiger partial charge in [0.15, 0.2) is 0 Å². The van der Waals surface area contributed by atoms with E-state index >= 15 is 0 Å². The van der Waals surface area contributed by atoms with Crippen LogP contribution < -0.4 is 15.0 Å². The average Bonchev–Trinajstić information content (AvgIpc) is 3.35. The highest BCUT2D eigenvalue weighted by Crippen LogP contribution is 2.39. The zero-order valence-corrected chi connectivity index (χ0v) is 20.0. The summed E-state index contributed by atoms with van der Waals surface area (Å²) in [5, 5.41) is 7.87. The van der Waals surface area contributed by atoms with E-state index in [-0.39, 0.29) is 6.03 Å². The maximum Gasteiger partial charge on any atom is 0.326 e. The van der Waals surface area contributed by atoms with Crippen molar-refractivity contribution in [3.63, 3.8) is 0 Å². The van der Waals surface area contributed by atoms with Crippen LogP contribution in [0.2, 0.25) is 5.02 Å². The summed E-state index contributed by atoms with van der Waals surface area (Å²) in [6.45, 7) is 4.40. The van der Waals surface area contributed by atoms with Gasteiger partial charge in [-0.15, -0.1) is 0 Å². The maximum absolute atomic E-state index is 13.2. The molecule has 8 heteroatoms. The van der Waals surface area contributed by atoms with Crippen molar-refractivity contribution in [1.82, 2.24) is 15.5 Å². The fourth-order valence-corrected chi connectivity index (χ4v) is 4.36. The number of anilines is 1. The topological polar surface area (TPSA) is 80.5 Å². The van der Waals surface area contributed by atoms with Gasteiger partial charge < -0.3 is 14.6 Å². The summed E-state index contributed by atoms with van der Waals surface area (Å²) < 4.78 is 11.3. The van der Waals surface area contributed by atoms with Crippen molar-refractivity contribution < 1.29 is 14.1 Å². The number of rotatable bonds is 6. The molecule has 4 aromatic rings. The maximum atomic E-state index is 13.2. The number of allylic oxidation sites excluding steroid dienone is 1. The number of carbonyl (C=O) groups excluding carboxylic acids is 1. The van der Waals surface area contributed by atoms with Crippen LogP contribution in [0.15, 0.2) is 89.1 Å². The Hall–Kier alpha value is -4.10. The lowest BCUT2D eigenvalue weighted by Gasteiger charge is -2.35. The summed E-state index contributed by atoms with van der Waals surface area (Å²) in [5.74, 6) is 1.53. The summed E-state index contributed by atoms with van der Waals surface area (Å²) in [6.07, 6.45) is 0. The minimum Gasteiger partial charge on any atom is -0.494 e. The predicted molar refractivity (Wildman–Crippen MR) is 135 cm³/mol. The number of aromatic nitrogens is 2. The molecule has 1 atom stereocenters. The zero-order chi connectivity index (χ0) is 24.4. The van der Waals surface area contributed by atoms with Crippen molar-refractivity contribution in [2.45, 2.75) is 19.9 Å². The lowest BCUT2D eigenvalue weighted by atomic mass is 9.94. The Bertz CT molecular complexity index is 1380. The molecule has 1 aromatic heterocycles. The molecule has 0 aliphatic carbocycles. The summed E-state index contributed by atoms with van der Waals surface area (Å²) >= 11 is 6.27. The third-order valence-corrected chi connectivity index (χ3v) is 6.00. The molecule has 176 valence electrons. The molecule has 1 aliphatic rings. The van der Waals surface area contributed by atoms with Crippen molar-refractivity contribution in [3.8, 4) is 17.1 Å². The Morgan fingerprint density at radius 2 is 1.83 bits per heavy atom. The van der Waals surface area contributed by atoms with Crippen molar-refractivity contribution in [2.24, 2.45) is 0 Å². The molecule has 0 radical (unpaired) electrons. The van der Waals surface area contributed by atoms with Crippen LogP contribution >= 0.6 is 11.6 Å². The normalized spacial score (nSPS) is 15.8. The summed E-state index contributed by atoms with van der Waals surface area (Å²) in [6, 6.07) is 23.5. The summed E-state index contributed by atoms with van der Waals surface area (Å²) in [5.41, 5.74) is 3.72. The van der Waals surface area contributed by atoms with Crippen LogP contribution in [-0.4, -0.2) is 22.8 Å². The van der Waals surface area contributed by atoms with E-state index in [9.17, 15) is 4.79 Å². The summed E-state index contributed by atoms with van der Waals surface area (Å²) in [4.78, 5) is 19.5. The Morgan fingerprint density at radius 1 is 1.06 bits per heavy atom. The molecule has 0 spiro atoms. The molecule has 3 aromatic carbocycles. The number of amides is 2. The molecule has 1 unspecified atom stereocenters. The van der Waals surface area contributed by atoms with Gasteiger partial charge in [-0.2, -0.15) is 4.98 Å². The first-order valence-electron chi connectivity index (χ1n) is 11.2. The van der Waals surface area contributed by atoms with E-state index in [4.69, 9.17) is 25.8 Å². The highest BCUT2D eigenvalue weighted by Gasteiger charge is 2.36. The molecule has 1 aliphatic heterocycles. The number of para-hydroxylation sites is 1. The smallest absolute Gasteiger partial charge is 0.326 e. The number of carbonyl (C=O) groups is 1. The first kappa shape index (κ1) is 22.7. The fourth-order valence-electron chi connectivity index (χ4n) is 4.16. The molecule has 5 rings (SSSR count). The second kappa shape index (κ2) is 9.64. The minimum atomic E-state index is -0.519. The third-order valence-electron chi connectivity index (χ3n) is 5.76. The van der Waals surface area contributed by atoms with Crippen LogP contribution in [0.4, 0.5) is 10.5 Å². The van der Waals surface area contributed by atoms with Gasteiger partial charge in [0.05, 0.1) is 23.9 Å². The third kappa shape index (κ3) is 4.50. The minimum absolute atomic E-state index is 0.256. The molecule has 2 amide bonds.